The van der Waals surface area contributed by atoms with Crippen LogP contribution in [0.5, 0.6) is 11.5 Å². The summed E-state index contributed by atoms with van der Waals surface area (Å²) in [4.78, 5) is 24.6. The van der Waals surface area contributed by atoms with E-state index >= 15 is 0 Å². The highest BCUT2D eigenvalue weighted by Crippen LogP contribution is 2.28. The molecule has 2 amide bonds. The van der Waals surface area contributed by atoms with Gasteiger partial charge in [-0.15, -0.1) is 0 Å². The zero-order valence-corrected chi connectivity index (χ0v) is 14.3. The molecule has 0 fully saturated rings. The van der Waals surface area contributed by atoms with Crippen molar-refractivity contribution in [2.75, 3.05) is 20.8 Å². The van der Waals surface area contributed by atoms with Crippen molar-refractivity contribution in [1.82, 2.24) is 4.90 Å². The summed E-state index contributed by atoms with van der Waals surface area (Å²) in [6.45, 7) is -0.361. The molecule has 2 aromatic rings. The van der Waals surface area contributed by atoms with Gasteiger partial charge in [0.15, 0.2) is 18.1 Å². The van der Waals surface area contributed by atoms with Crippen molar-refractivity contribution in [3.8, 4) is 11.5 Å². The maximum Gasteiger partial charge on any atom is 0.255 e. The number of ether oxygens (including phenoxy) is 2. The van der Waals surface area contributed by atoms with Crippen LogP contribution in [0, 0.1) is 11.6 Å². The summed E-state index contributed by atoms with van der Waals surface area (Å²) < 4.78 is 37.1. The minimum Gasteiger partial charge on any atom is -0.493 e. The number of carbonyl (C=O) groups excluding carboxylic acids is 2. The van der Waals surface area contributed by atoms with Crippen LogP contribution < -0.4 is 15.2 Å². The van der Waals surface area contributed by atoms with E-state index in [9.17, 15) is 18.4 Å². The van der Waals surface area contributed by atoms with E-state index in [-0.39, 0.29) is 35.8 Å². The van der Waals surface area contributed by atoms with Crippen LogP contribution in [0.25, 0.3) is 0 Å². The van der Waals surface area contributed by atoms with Gasteiger partial charge in [-0.1, -0.05) is 6.07 Å². The third kappa shape index (κ3) is 4.69. The number of hydrogen-bond acceptors (Lipinski definition) is 4. The Kier molecular flexibility index (Phi) is 6.11. The molecule has 0 atom stereocenters. The summed E-state index contributed by atoms with van der Waals surface area (Å²) in [6.07, 6.45) is 0. The molecule has 0 aliphatic rings. The standard InChI is InChI=1S/C18H18F2N2O4/c1-22(9-12-3-5-13(19)8-14(12)20)18(24)11-4-6-15(16(7-11)25-2)26-10-17(21)23/h3-8H,9-10H2,1-2H3,(H2,21,23). The first-order chi connectivity index (χ1) is 12.3. The second-order valence-corrected chi connectivity index (χ2v) is 5.52. The minimum atomic E-state index is -0.725. The first-order valence-corrected chi connectivity index (χ1v) is 7.60. The van der Waals surface area contributed by atoms with Gasteiger partial charge in [-0.3, -0.25) is 9.59 Å². The van der Waals surface area contributed by atoms with E-state index in [2.05, 4.69) is 0 Å². The van der Waals surface area contributed by atoms with E-state index < -0.39 is 23.4 Å². The Morgan fingerprint density at radius 1 is 1.12 bits per heavy atom. The number of halogens is 2. The summed E-state index contributed by atoms with van der Waals surface area (Å²) in [5, 5.41) is 0. The lowest BCUT2D eigenvalue weighted by molar-refractivity contribution is -0.119. The van der Waals surface area contributed by atoms with Crippen molar-refractivity contribution >= 4 is 11.8 Å². The van der Waals surface area contributed by atoms with Gasteiger partial charge in [0.25, 0.3) is 11.8 Å². The lowest BCUT2D eigenvalue weighted by Crippen LogP contribution is -2.26. The second-order valence-electron chi connectivity index (χ2n) is 5.52. The quantitative estimate of drug-likeness (QED) is 0.816. The van der Waals surface area contributed by atoms with Gasteiger partial charge in [-0.25, -0.2) is 8.78 Å². The Bertz CT molecular complexity index is 827. The van der Waals surface area contributed by atoms with E-state index in [0.717, 1.165) is 12.1 Å². The second kappa shape index (κ2) is 8.28. The van der Waals surface area contributed by atoms with Crippen LogP contribution in [-0.2, 0) is 11.3 Å². The van der Waals surface area contributed by atoms with Gasteiger partial charge < -0.3 is 20.1 Å². The highest BCUT2D eigenvalue weighted by Gasteiger charge is 2.17. The molecule has 138 valence electrons. The zero-order chi connectivity index (χ0) is 19.3. The number of methoxy groups -OCH3 is 1. The van der Waals surface area contributed by atoms with Gasteiger partial charge in [0.05, 0.1) is 7.11 Å². The number of benzene rings is 2. The predicted octanol–water partition coefficient (Wildman–Crippen LogP) is 2.11. The zero-order valence-electron chi connectivity index (χ0n) is 14.3. The number of nitrogens with zero attached hydrogens (tertiary/aromatic N) is 1. The lowest BCUT2D eigenvalue weighted by Gasteiger charge is -2.19. The number of nitrogens with two attached hydrogens (primary N) is 1. The number of rotatable bonds is 7. The molecule has 0 saturated carbocycles. The molecule has 0 heterocycles. The van der Waals surface area contributed by atoms with Crippen molar-refractivity contribution in [1.29, 1.82) is 0 Å². The Morgan fingerprint density at radius 2 is 1.85 bits per heavy atom. The number of amides is 2. The van der Waals surface area contributed by atoms with Crippen LogP contribution in [0.2, 0.25) is 0 Å². The van der Waals surface area contributed by atoms with E-state index in [0.29, 0.717) is 0 Å². The van der Waals surface area contributed by atoms with Gasteiger partial charge in [0.1, 0.15) is 11.6 Å². The molecule has 26 heavy (non-hydrogen) atoms. The Labute approximate surface area is 149 Å². The van der Waals surface area contributed by atoms with Gasteiger partial charge in [0.2, 0.25) is 0 Å². The minimum absolute atomic E-state index is 0.0345. The van der Waals surface area contributed by atoms with Gasteiger partial charge in [0, 0.05) is 30.8 Å². The monoisotopic (exact) mass is 364 g/mol. The highest BCUT2D eigenvalue weighted by atomic mass is 19.1. The lowest BCUT2D eigenvalue weighted by atomic mass is 10.1. The van der Waals surface area contributed by atoms with E-state index in [1.165, 1.54) is 43.3 Å². The normalized spacial score (nSPS) is 10.3. The number of carbonyl (C=O) groups is 2. The van der Waals surface area contributed by atoms with Crippen molar-refractivity contribution in [3.05, 3.63) is 59.2 Å². The van der Waals surface area contributed by atoms with Gasteiger partial charge >= 0.3 is 0 Å². The fourth-order valence-electron chi connectivity index (χ4n) is 2.27. The van der Waals surface area contributed by atoms with Crippen LogP contribution >= 0.6 is 0 Å². The SMILES string of the molecule is COc1cc(C(=O)N(C)Cc2ccc(F)cc2F)ccc1OCC(N)=O. The van der Waals surface area contributed by atoms with Crippen LogP contribution in [0.4, 0.5) is 8.78 Å². The molecule has 0 aliphatic heterocycles. The van der Waals surface area contributed by atoms with Crippen LogP contribution in [0.1, 0.15) is 15.9 Å². The third-order valence-electron chi connectivity index (χ3n) is 3.55. The van der Waals surface area contributed by atoms with E-state index in [4.69, 9.17) is 15.2 Å². The molecule has 0 aromatic heterocycles. The molecular formula is C18H18F2N2O4. The van der Waals surface area contributed by atoms with Gasteiger partial charge in [-0.05, 0) is 24.3 Å². The van der Waals surface area contributed by atoms with Gasteiger partial charge in [-0.2, -0.15) is 0 Å². The topological polar surface area (TPSA) is 81.9 Å². The highest BCUT2D eigenvalue weighted by molar-refractivity contribution is 5.94. The van der Waals surface area contributed by atoms with Crippen LogP contribution in [0.15, 0.2) is 36.4 Å². The molecule has 0 bridgehead atoms. The van der Waals surface area contributed by atoms with Crippen molar-refractivity contribution in [2.24, 2.45) is 5.73 Å². The third-order valence-corrected chi connectivity index (χ3v) is 3.55. The average molecular weight is 364 g/mol. The first kappa shape index (κ1) is 19.2. The summed E-state index contributed by atoms with van der Waals surface area (Å²) >= 11 is 0. The molecule has 2 N–H and O–H groups in total. The maximum atomic E-state index is 13.7. The number of hydrogen-bond donors (Lipinski definition) is 1. The largest absolute Gasteiger partial charge is 0.493 e. The molecular weight excluding hydrogens is 346 g/mol. The van der Waals surface area contributed by atoms with Crippen molar-refractivity contribution in [2.45, 2.75) is 6.54 Å². The molecule has 0 spiro atoms. The van der Waals surface area contributed by atoms with Crippen LogP contribution in [-0.4, -0.2) is 37.5 Å². The molecule has 6 nitrogen and oxygen atoms in total. The van der Waals surface area contributed by atoms with E-state index in [1.54, 1.807) is 0 Å². The Morgan fingerprint density at radius 3 is 2.46 bits per heavy atom. The van der Waals surface area contributed by atoms with Crippen molar-refractivity contribution < 1.29 is 27.8 Å². The first-order valence-electron chi connectivity index (χ1n) is 7.60. The molecule has 2 rings (SSSR count). The van der Waals surface area contributed by atoms with Crippen molar-refractivity contribution in [3.63, 3.8) is 0 Å². The summed E-state index contributed by atoms with van der Waals surface area (Å²) in [6, 6.07) is 7.58. The van der Waals surface area contributed by atoms with E-state index in [1.807, 2.05) is 0 Å². The molecule has 2 aromatic carbocycles. The molecule has 0 aliphatic carbocycles. The fraction of sp³-hybridized carbons (Fsp3) is 0.222. The Balaban J connectivity index is 2.16. The van der Waals surface area contributed by atoms with Crippen LogP contribution in [0.3, 0.4) is 0 Å². The maximum absolute atomic E-state index is 13.7. The predicted molar refractivity (Wildman–Crippen MR) is 89.8 cm³/mol. The summed E-state index contributed by atoms with van der Waals surface area (Å²) in [5.41, 5.74) is 5.49. The molecule has 8 heteroatoms. The molecule has 0 unspecified atom stereocenters. The smallest absolute Gasteiger partial charge is 0.255 e. The average Bonchev–Trinajstić information content (AvgIpc) is 2.61. The Hall–Kier alpha value is -3.16. The summed E-state index contributed by atoms with van der Waals surface area (Å²) in [5.74, 6) is -1.94. The number of primary amides is 1. The molecule has 0 radical (unpaired) electrons. The molecule has 0 saturated heterocycles. The fourth-order valence-corrected chi connectivity index (χ4v) is 2.27. The summed E-state index contributed by atoms with van der Waals surface area (Å²) in [7, 11) is 2.88.